The van der Waals surface area contributed by atoms with E-state index in [4.69, 9.17) is 0 Å². The third kappa shape index (κ3) is 3.27. The van der Waals surface area contributed by atoms with Crippen LogP contribution in [0.25, 0.3) is 0 Å². The van der Waals surface area contributed by atoms with Gasteiger partial charge in [-0.3, -0.25) is 9.78 Å². The highest BCUT2D eigenvalue weighted by molar-refractivity contribution is 5.78. The van der Waals surface area contributed by atoms with Crippen molar-refractivity contribution in [3.63, 3.8) is 0 Å². The highest BCUT2D eigenvalue weighted by Crippen LogP contribution is 2.09. The van der Waals surface area contributed by atoms with Crippen LogP contribution in [0, 0.1) is 0 Å². The summed E-state index contributed by atoms with van der Waals surface area (Å²) in [5.41, 5.74) is 0.974. The number of likely N-dealkylation sites (tertiary alicyclic amines) is 1. The fraction of sp³-hybridized carbons (Fsp3) is 0.538. The van der Waals surface area contributed by atoms with Crippen molar-refractivity contribution in [2.24, 2.45) is 0 Å². The van der Waals surface area contributed by atoms with Gasteiger partial charge in [-0.1, -0.05) is 6.07 Å². The molecule has 1 saturated heterocycles. The lowest BCUT2D eigenvalue weighted by Gasteiger charge is -2.18. The van der Waals surface area contributed by atoms with Gasteiger partial charge in [-0.05, 0) is 31.9 Å². The molecule has 1 aromatic rings. The molecule has 1 atom stereocenters. The van der Waals surface area contributed by atoms with Gasteiger partial charge in [-0.15, -0.1) is 0 Å². The largest absolute Gasteiger partial charge is 0.342 e. The molecule has 4 heteroatoms. The standard InChI is InChI=1S/C13H19N3O/c1-11(12-6-2-3-7-14-12)15-10-13(17)16-8-4-5-9-16/h2-3,6-7,11,15H,4-5,8-10H2,1H3. The molecular formula is C13H19N3O. The quantitative estimate of drug-likeness (QED) is 0.854. The number of rotatable bonds is 4. The number of hydrogen-bond donors (Lipinski definition) is 1. The van der Waals surface area contributed by atoms with Gasteiger partial charge in [0.2, 0.25) is 5.91 Å². The summed E-state index contributed by atoms with van der Waals surface area (Å²) in [5.74, 6) is 0.199. The summed E-state index contributed by atoms with van der Waals surface area (Å²) in [4.78, 5) is 18.0. The molecule has 2 rings (SSSR count). The molecule has 0 spiro atoms. The van der Waals surface area contributed by atoms with Crippen molar-refractivity contribution in [3.8, 4) is 0 Å². The van der Waals surface area contributed by atoms with E-state index >= 15 is 0 Å². The van der Waals surface area contributed by atoms with Crippen LogP contribution in [0.15, 0.2) is 24.4 Å². The summed E-state index contributed by atoms with van der Waals surface area (Å²) in [6.07, 6.45) is 4.05. The minimum atomic E-state index is 0.114. The second kappa shape index (κ2) is 5.77. The Hall–Kier alpha value is -1.42. The van der Waals surface area contributed by atoms with E-state index in [-0.39, 0.29) is 11.9 Å². The first kappa shape index (κ1) is 12.0. The number of hydrogen-bond acceptors (Lipinski definition) is 3. The van der Waals surface area contributed by atoms with E-state index in [0.29, 0.717) is 6.54 Å². The third-order valence-electron chi connectivity index (χ3n) is 3.15. The smallest absolute Gasteiger partial charge is 0.236 e. The number of carbonyl (C=O) groups is 1. The number of nitrogens with one attached hydrogen (secondary N) is 1. The topological polar surface area (TPSA) is 45.2 Å². The molecule has 1 amide bonds. The van der Waals surface area contributed by atoms with Crippen LogP contribution in [-0.2, 0) is 4.79 Å². The van der Waals surface area contributed by atoms with Crippen LogP contribution in [0.5, 0.6) is 0 Å². The average molecular weight is 233 g/mol. The highest BCUT2D eigenvalue weighted by atomic mass is 16.2. The predicted molar refractivity (Wildman–Crippen MR) is 66.5 cm³/mol. The molecule has 0 radical (unpaired) electrons. The third-order valence-corrected chi connectivity index (χ3v) is 3.15. The maximum Gasteiger partial charge on any atom is 0.236 e. The van der Waals surface area contributed by atoms with Crippen molar-refractivity contribution in [1.82, 2.24) is 15.2 Å². The molecule has 1 aromatic heterocycles. The van der Waals surface area contributed by atoms with Crippen molar-refractivity contribution in [2.45, 2.75) is 25.8 Å². The van der Waals surface area contributed by atoms with Gasteiger partial charge in [0.1, 0.15) is 0 Å². The van der Waals surface area contributed by atoms with E-state index in [1.807, 2.05) is 30.0 Å². The van der Waals surface area contributed by atoms with Gasteiger partial charge in [0, 0.05) is 25.3 Å². The Bertz CT molecular complexity index is 360. The Kier molecular flexibility index (Phi) is 4.09. The molecule has 1 aliphatic rings. The molecular weight excluding hydrogens is 214 g/mol. The Morgan fingerprint density at radius 1 is 1.47 bits per heavy atom. The monoisotopic (exact) mass is 233 g/mol. The van der Waals surface area contributed by atoms with Gasteiger partial charge in [0.25, 0.3) is 0 Å². The summed E-state index contributed by atoms with van der Waals surface area (Å²) < 4.78 is 0. The lowest BCUT2D eigenvalue weighted by molar-refractivity contribution is -0.129. The molecule has 1 aliphatic heterocycles. The Balaban J connectivity index is 1.80. The molecule has 2 heterocycles. The molecule has 0 aromatic carbocycles. The second-order valence-electron chi connectivity index (χ2n) is 4.45. The van der Waals surface area contributed by atoms with Crippen molar-refractivity contribution < 1.29 is 4.79 Å². The molecule has 1 N–H and O–H groups in total. The van der Waals surface area contributed by atoms with Crippen LogP contribution >= 0.6 is 0 Å². The zero-order valence-corrected chi connectivity index (χ0v) is 10.2. The van der Waals surface area contributed by atoms with E-state index < -0.39 is 0 Å². The molecule has 17 heavy (non-hydrogen) atoms. The first-order valence-corrected chi connectivity index (χ1v) is 6.19. The zero-order chi connectivity index (χ0) is 12.1. The van der Waals surface area contributed by atoms with Crippen molar-refractivity contribution in [3.05, 3.63) is 30.1 Å². The molecule has 92 valence electrons. The van der Waals surface area contributed by atoms with Gasteiger partial charge >= 0.3 is 0 Å². The number of amides is 1. The van der Waals surface area contributed by atoms with Crippen molar-refractivity contribution in [1.29, 1.82) is 0 Å². The molecule has 0 saturated carbocycles. The summed E-state index contributed by atoms with van der Waals surface area (Å²) >= 11 is 0. The maximum absolute atomic E-state index is 11.8. The summed E-state index contributed by atoms with van der Waals surface area (Å²) in [5, 5.41) is 3.22. The number of carbonyl (C=O) groups excluding carboxylic acids is 1. The highest BCUT2D eigenvalue weighted by Gasteiger charge is 2.18. The SMILES string of the molecule is CC(NCC(=O)N1CCCC1)c1ccccn1. The fourth-order valence-electron chi connectivity index (χ4n) is 2.06. The van der Waals surface area contributed by atoms with Gasteiger partial charge in [0.15, 0.2) is 0 Å². The molecule has 0 bridgehead atoms. The lowest BCUT2D eigenvalue weighted by Crippen LogP contribution is -2.37. The minimum absolute atomic E-state index is 0.114. The van der Waals surface area contributed by atoms with E-state index in [1.165, 1.54) is 0 Å². The number of nitrogens with zero attached hydrogens (tertiary/aromatic N) is 2. The van der Waals surface area contributed by atoms with Crippen LogP contribution < -0.4 is 5.32 Å². The Morgan fingerprint density at radius 3 is 2.88 bits per heavy atom. The number of pyridine rings is 1. The van der Waals surface area contributed by atoms with E-state index in [0.717, 1.165) is 31.6 Å². The van der Waals surface area contributed by atoms with Crippen LogP contribution in [0.1, 0.15) is 31.5 Å². The zero-order valence-electron chi connectivity index (χ0n) is 10.2. The maximum atomic E-state index is 11.8. The lowest BCUT2D eigenvalue weighted by atomic mass is 10.2. The van der Waals surface area contributed by atoms with Crippen LogP contribution in [0.3, 0.4) is 0 Å². The number of aromatic nitrogens is 1. The van der Waals surface area contributed by atoms with Crippen LogP contribution in [-0.4, -0.2) is 35.4 Å². The van der Waals surface area contributed by atoms with Crippen LogP contribution in [0.4, 0.5) is 0 Å². The van der Waals surface area contributed by atoms with Crippen molar-refractivity contribution >= 4 is 5.91 Å². The van der Waals surface area contributed by atoms with E-state index in [2.05, 4.69) is 10.3 Å². The fourth-order valence-corrected chi connectivity index (χ4v) is 2.06. The summed E-state index contributed by atoms with van der Waals surface area (Å²) in [6, 6.07) is 5.94. The van der Waals surface area contributed by atoms with Gasteiger partial charge in [0.05, 0.1) is 12.2 Å². The molecule has 0 aliphatic carbocycles. The van der Waals surface area contributed by atoms with Gasteiger partial charge in [-0.25, -0.2) is 0 Å². The Labute approximate surface area is 102 Å². The molecule has 1 fully saturated rings. The predicted octanol–water partition coefficient (Wildman–Crippen LogP) is 1.35. The normalized spacial score (nSPS) is 17.1. The Morgan fingerprint density at radius 2 is 2.24 bits per heavy atom. The second-order valence-corrected chi connectivity index (χ2v) is 4.45. The molecule has 1 unspecified atom stereocenters. The van der Waals surface area contributed by atoms with Gasteiger partial charge < -0.3 is 10.2 Å². The first-order chi connectivity index (χ1) is 8.27. The van der Waals surface area contributed by atoms with Crippen LogP contribution in [0.2, 0.25) is 0 Å². The minimum Gasteiger partial charge on any atom is -0.342 e. The first-order valence-electron chi connectivity index (χ1n) is 6.19. The molecule has 4 nitrogen and oxygen atoms in total. The summed E-state index contributed by atoms with van der Waals surface area (Å²) in [6.45, 7) is 4.26. The average Bonchev–Trinajstić information content (AvgIpc) is 2.90. The van der Waals surface area contributed by atoms with E-state index in [1.54, 1.807) is 6.20 Å². The van der Waals surface area contributed by atoms with Gasteiger partial charge in [-0.2, -0.15) is 0 Å². The van der Waals surface area contributed by atoms with E-state index in [9.17, 15) is 4.79 Å². The van der Waals surface area contributed by atoms with Crippen molar-refractivity contribution in [2.75, 3.05) is 19.6 Å². The summed E-state index contributed by atoms with van der Waals surface area (Å²) in [7, 11) is 0.